The minimum atomic E-state index is -2.06. The third kappa shape index (κ3) is 2.81. The van der Waals surface area contributed by atoms with Crippen LogP contribution in [0, 0.1) is 0 Å². The van der Waals surface area contributed by atoms with Crippen LogP contribution in [-0.2, 0) is 10.4 Å². The Kier molecular flexibility index (Phi) is 4.59. The standard InChI is InChI=1S/C16H12Cl2N2O3S/c17-10-5-6-11(18)14-13(10)16(23,15(22)20-14)7-12(21)8-1-3-9(24-19)4-2-8/h1-6,23H,7,19H2,(H,20,22). The van der Waals surface area contributed by atoms with Crippen molar-refractivity contribution in [3.8, 4) is 0 Å². The number of amides is 1. The number of aliphatic hydroxyl groups is 1. The third-order valence-electron chi connectivity index (χ3n) is 3.86. The molecule has 1 aliphatic heterocycles. The van der Waals surface area contributed by atoms with Crippen LogP contribution in [0.3, 0.4) is 0 Å². The second-order valence-electron chi connectivity index (χ2n) is 5.34. The first kappa shape index (κ1) is 17.3. The molecule has 24 heavy (non-hydrogen) atoms. The van der Waals surface area contributed by atoms with Crippen LogP contribution in [0.15, 0.2) is 41.3 Å². The number of nitrogens with one attached hydrogen (secondary N) is 1. The van der Waals surface area contributed by atoms with Gasteiger partial charge in [-0.15, -0.1) is 0 Å². The van der Waals surface area contributed by atoms with Crippen LogP contribution in [0.5, 0.6) is 0 Å². The van der Waals surface area contributed by atoms with Gasteiger partial charge in [0, 0.05) is 21.0 Å². The van der Waals surface area contributed by atoms with E-state index in [0.29, 0.717) is 5.56 Å². The molecule has 1 atom stereocenters. The normalized spacial score (nSPS) is 19.1. The SMILES string of the molecule is NSc1ccc(C(=O)CC2(O)C(=O)Nc3c(Cl)ccc(Cl)c32)cc1. The van der Waals surface area contributed by atoms with Crippen molar-refractivity contribution >= 4 is 52.5 Å². The van der Waals surface area contributed by atoms with Gasteiger partial charge < -0.3 is 10.4 Å². The molecule has 0 fully saturated rings. The van der Waals surface area contributed by atoms with E-state index in [1.165, 1.54) is 12.1 Å². The van der Waals surface area contributed by atoms with Crippen LogP contribution >= 0.6 is 35.1 Å². The average Bonchev–Trinajstić information content (AvgIpc) is 2.83. The number of benzene rings is 2. The maximum atomic E-state index is 12.5. The Bertz CT molecular complexity index is 842. The minimum absolute atomic E-state index is 0.129. The van der Waals surface area contributed by atoms with Crippen molar-refractivity contribution in [3.05, 3.63) is 57.6 Å². The van der Waals surface area contributed by atoms with Gasteiger partial charge in [0.15, 0.2) is 11.4 Å². The molecule has 124 valence electrons. The lowest BCUT2D eigenvalue weighted by molar-refractivity contribution is -0.133. The Morgan fingerprint density at radius 3 is 2.42 bits per heavy atom. The summed E-state index contributed by atoms with van der Waals surface area (Å²) < 4.78 is 0. The first-order chi connectivity index (χ1) is 11.4. The zero-order valence-electron chi connectivity index (χ0n) is 12.2. The topological polar surface area (TPSA) is 92.4 Å². The number of hydrogen-bond donors (Lipinski definition) is 3. The average molecular weight is 383 g/mol. The van der Waals surface area contributed by atoms with E-state index in [4.69, 9.17) is 28.3 Å². The summed E-state index contributed by atoms with van der Waals surface area (Å²) in [7, 11) is 0. The molecule has 1 unspecified atom stereocenters. The van der Waals surface area contributed by atoms with Gasteiger partial charge in [-0.2, -0.15) is 0 Å². The fourth-order valence-electron chi connectivity index (χ4n) is 2.63. The maximum absolute atomic E-state index is 12.5. The van der Waals surface area contributed by atoms with Gasteiger partial charge >= 0.3 is 0 Å². The summed E-state index contributed by atoms with van der Waals surface area (Å²) in [6.07, 6.45) is -0.443. The Labute approximate surface area is 152 Å². The summed E-state index contributed by atoms with van der Waals surface area (Å²) in [4.78, 5) is 25.6. The van der Waals surface area contributed by atoms with Crippen LogP contribution < -0.4 is 10.5 Å². The molecule has 1 aliphatic rings. The van der Waals surface area contributed by atoms with Gasteiger partial charge in [-0.1, -0.05) is 35.3 Å². The Hall–Kier alpha value is -1.57. The van der Waals surface area contributed by atoms with Crippen LogP contribution in [0.4, 0.5) is 5.69 Å². The molecule has 3 rings (SSSR count). The molecule has 4 N–H and O–H groups in total. The van der Waals surface area contributed by atoms with Gasteiger partial charge in [0.1, 0.15) is 0 Å². The number of anilines is 1. The molecule has 0 radical (unpaired) electrons. The Balaban J connectivity index is 1.96. The number of carbonyl (C=O) groups is 2. The highest BCUT2D eigenvalue weighted by Gasteiger charge is 2.49. The predicted molar refractivity (Wildman–Crippen MR) is 94.4 cm³/mol. The summed E-state index contributed by atoms with van der Waals surface area (Å²) in [5.74, 6) is -1.12. The molecule has 0 saturated carbocycles. The van der Waals surface area contributed by atoms with Crippen LogP contribution in [-0.4, -0.2) is 16.8 Å². The van der Waals surface area contributed by atoms with Crippen molar-refractivity contribution < 1.29 is 14.7 Å². The van der Waals surface area contributed by atoms with Gasteiger partial charge in [-0.3, -0.25) is 14.7 Å². The number of Topliss-reactive ketones (excluding diaryl/α,β-unsaturated/α-hetero) is 1. The Morgan fingerprint density at radius 2 is 1.79 bits per heavy atom. The summed E-state index contributed by atoms with van der Waals surface area (Å²) in [6, 6.07) is 9.55. The first-order valence-electron chi connectivity index (χ1n) is 6.89. The van der Waals surface area contributed by atoms with Crippen LogP contribution in [0.25, 0.3) is 0 Å². The van der Waals surface area contributed by atoms with E-state index in [9.17, 15) is 14.7 Å². The van der Waals surface area contributed by atoms with Crippen LogP contribution in [0.1, 0.15) is 22.3 Å². The van der Waals surface area contributed by atoms with Crippen molar-refractivity contribution in [1.29, 1.82) is 0 Å². The molecule has 0 aromatic heterocycles. The minimum Gasteiger partial charge on any atom is -0.375 e. The number of nitrogens with two attached hydrogens (primary N) is 1. The second-order valence-corrected chi connectivity index (χ2v) is 6.86. The van der Waals surface area contributed by atoms with Crippen LogP contribution in [0.2, 0.25) is 10.0 Å². The lowest BCUT2D eigenvalue weighted by atomic mass is 9.88. The second kappa shape index (κ2) is 6.38. The smallest absolute Gasteiger partial charge is 0.261 e. The maximum Gasteiger partial charge on any atom is 0.261 e. The first-order valence-corrected chi connectivity index (χ1v) is 8.52. The predicted octanol–water partition coefficient (Wildman–Crippen LogP) is 3.37. The monoisotopic (exact) mass is 382 g/mol. The largest absolute Gasteiger partial charge is 0.375 e. The summed E-state index contributed by atoms with van der Waals surface area (Å²) >= 11 is 13.2. The molecule has 2 aromatic carbocycles. The van der Waals surface area contributed by atoms with E-state index in [-0.39, 0.29) is 21.3 Å². The molecule has 0 spiro atoms. The number of hydrogen-bond acceptors (Lipinski definition) is 5. The third-order valence-corrected chi connectivity index (χ3v) is 5.03. The van der Waals surface area contributed by atoms with Gasteiger partial charge in [0.05, 0.1) is 17.1 Å². The number of rotatable bonds is 4. The molecule has 0 saturated heterocycles. The number of fused-ring (bicyclic) bond motifs is 1. The molecule has 1 amide bonds. The van der Waals surface area contributed by atoms with Crippen molar-refractivity contribution in [3.63, 3.8) is 0 Å². The molecule has 5 nitrogen and oxygen atoms in total. The number of carbonyl (C=O) groups excluding carboxylic acids is 2. The highest BCUT2D eigenvalue weighted by molar-refractivity contribution is 7.97. The van der Waals surface area contributed by atoms with E-state index in [1.807, 2.05) is 0 Å². The summed E-state index contributed by atoms with van der Waals surface area (Å²) in [5.41, 5.74) is -1.33. The van der Waals surface area contributed by atoms with E-state index >= 15 is 0 Å². The van der Waals surface area contributed by atoms with E-state index in [0.717, 1.165) is 16.8 Å². The zero-order valence-corrected chi connectivity index (χ0v) is 14.5. The molecule has 0 aliphatic carbocycles. The summed E-state index contributed by atoms with van der Waals surface area (Å²) in [6.45, 7) is 0. The zero-order chi connectivity index (χ0) is 17.5. The van der Waals surface area contributed by atoms with Gasteiger partial charge in [0.25, 0.3) is 5.91 Å². The molecular formula is C16H12Cl2N2O3S. The molecular weight excluding hydrogens is 371 g/mol. The number of ketones is 1. The highest BCUT2D eigenvalue weighted by Crippen LogP contribution is 2.46. The van der Waals surface area contributed by atoms with Crippen molar-refractivity contribution in [2.24, 2.45) is 5.14 Å². The van der Waals surface area contributed by atoms with Gasteiger partial charge in [0.2, 0.25) is 0 Å². The lowest BCUT2D eigenvalue weighted by Gasteiger charge is -2.21. The van der Waals surface area contributed by atoms with E-state index < -0.39 is 23.7 Å². The quantitative estimate of drug-likeness (QED) is 0.556. The molecule has 2 aromatic rings. The fraction of sp³-hybridized carbons (Fsp3) is 0.125. The number of halogens is 2. The van der Waals surface area contributed by atoms with E-state index in [2.05, 4.69) is 5.32 Å². The molecule has 8 heteroatoms. The van der Waals surface area contributed by atoms with Gasteiger partial charge in [-0.05, 0) is 36.2 Å². The molecule has 0 bridgehead atoms. The Morgan fingerprint density at radius 1 is 1.17 bits per heavy atom. The fourth-order valence-corrected chi connectivity index (χ4v) is 3.44. The van der Waals surface area contributed by atoms with Crippen molar-refractivity contribution in [1.82, 2.24) is 0 Å². The van der Waals surface area contributed by atoms with Crippen molar-refractivity contribution in [2.75, 3.05) is 5.32 Å². The van der Waals surface area contributed by atoms with E-state index in [1.54, 1.807) is 24.3 Å². The van der Waals surface area contributed by atoms with Gasteiger partial charge in [-0.25, -0.2) is 0 Å². The summed E-state index contributed by atoms with van der Waals surface area (Å²) in [5, 5.41) is 19.2. The highest BCUT2D eigenvalue weighted by atomic mass is 35.5. The van der Waals surface area contributed by atoms with Crippen molar-refractivity contribution in [2.45, 2.75) is 16.9 Å². The molecule has 1 heterocycles. The lowest BCUT2D eigenvalue weighted by Crippen LogP contribution is -2.36.